The van der Waals surface area contributed by atoms with Crippen LogP contribution >= 0.6 is 11.6 Å². The van der Waals surface area contributed by atoms with Gasteiger partial charge in [-0.1, -0.05) is 18.5 Å². The van der Waals surface area contributed by atoms with E-state index in [1.807, 2.05) is 0 Å². The highest BCUT2D eigenvalue weighted by Crippen LogP contribution is 2.24. The van der Waals surface area contributed by atoms with Crippen LogP contribution in [0.25, 0.3) is 10.9 Å². The average molecular weight is 321 g/mol. The van der Waals surface area contributed by atoms with Crippen molar-refractivity contribution in [1.29, 1.82) is 0 Å². The maximum atomic E-state index is 12.2. The minimum atomic E-state index is -0.142. The monoisotopic (exact) mass is 320 g/mol. The van der Waals surface area contributed by atoms with E-state index in [-0.39, 0.29) is 5.56 Å². The van der Waals surface area contributed by atoms with Crippen LogP contribution in [0.2, 0.25) is 5.02 Å². The van der Waals surface area contributed by atoms with Gasteiger partial charge in [-0.25, -0.2) is 4.98 Å². The van der Waals surface area contributed by atoms with E-state index in [9.17, 15) is 4.79 Å². The first kappa shape index (κ1) is 15.5. The molecule has 0 amide bonds. The summed E-state index contributed by atoms with van der Waals surface area (Å²) in [6.45, 7) is 4.49. The second kappa shape index (κ2) is 6.36. The standard InChI is InChI=1S/C16H21ClN4O/c1-10-3-2-6-21(14(10)8-18)9-15-19-13-5-4-11(17)7-12(13)16(22)20-15/h4-5,7,10,14H,2-3,6,8-9,18H2,1H3,(H,19,20,22). The Morgan fingerprint density at radius 1 is 1.50 bits per heavy atom. The molecular weight excluding hydrogens is 300 g/mol. The summed E-state index contributed by atoms with van der Waals surface area (Å²) in [5.74, 6) is 1.26. The molecule has 3 N–H and O–H groups in total. The molecule has 118 valence electrons. The number of likely N-dealkylation sites (tertiary alicyclic amines) is 1. The van der Waals surface area contributed by atoms with Gasteiger partial charge in [0.15, 0.2) is 0 Å². The number of nitrogens with two attached hydrogens (primary N) is 1. The van der Waals surface area contributed by atoms with Crippen LogP contribution in [0.5, 0.6) is 0 Å². The third kappa shape index (κ3) is 3.02. The Morgan fingerprint density at radius 3 is 3.09 bits per heavy atom. The number of piperidine rings is 1. The number of rotatable bonds is 3. The molecular formula is C16H21ClN4O. The van der Waals surface area contributed by atoms with E-state index >= 15 is 0 Å². The fraction of sp³-hybridized carbons (Fsp3) is 0.500. The van der Waals surface area contributed by atoms with Crippen molar-refractivity contribution in [3.05, 3.63) is 39.4 Å². The molecule has 1 aliphatic heterocycles. The number of H-pyrrole nitrogens is 1. The highest BCUT2D eigenvalue weighted by molar-refractivity contribution is 6.31. The highest BCUT2D eigenvalue weighted by atomic mass is 35.5. The van der Waals surface area contributed by atoms with Crippen LogP contribution in [-0.2, 0) is 6.54 Å². The molecule has 6 heteroatoms. The summed E-state index contributed by atoms with van der Waals surface area (Å²) in [7, 11) is 0. The Morgan fingerprint density at radius 2 is 2.32 bits per heavy atom. The van der Waals surface area contributed by atoms with Crippen molar-refractivity contribution in [1.82, 2.24) is 14.9 Å². The summed E-state index contributed by atoms with van der Waals surface area (Å²) in [5.41, 5.74) is 6.46. The Kier molecular flexibility index (Phi) is 4.47. The van der Waals surface area contributed by atoms with Gasteiger partial charge in [0.1, 0.15) is 5.82 Å². The van der Waals surface area contributed by atoms with E-state index in [1.165, 1.54) is 6.42 Å². The van der Waals surface area contributed by atoms with Crippen LogP contribution in [0, 0.1) is 5.92 Å². The summed E-state index contributed by atoms with van der Waals surface area (Å²) in [5, 5.41) is 1.07. The predicted molar refractivity (Wildman–Crippen MR) is 89.0 cm³/mol. The van der Waals surface area contributed by atoms with Gasteiger partial charge >= 0.3 is 0 Å². The number of nitrogens with zero attached hydrogens (tertiary/aromatic N) is 2. The lowest BCUT2D eigenvalue weighted by Crippen LogP contribution is -2.48. The Labute approximate surface area is 134 Å². The van der Waals surface area contributed by atoms with E-state index in [1.54, 1.807) is 18.2 Å². The molecule has 0 spiro atoms. The quantitative estimate of drug-likeness (QED) is 0.908. The van der Waals surface area contributed by atoms with Gasteiger partial charge in [0.25, 0.3) is 5.56 Å². The number of hydrogen-bond acceptors (Lipinski definition) is 4. The molecule has 0 bridgehead atoms. The first-order valence-electron chi connectivity index (χ1n) is 7.71. The number of halogens is 1. The van der Waals surface area contributed by atoms with Crippen molar-refractivity contribution in [2.75, 3.05) is 13.1 Å². The van der Waals surface area contributed by atoms with Gasteiger partial charge in [-0.3, -0.25) is 9.69 Å². The molecule has 1 aromatic heterocycles. The normalized spacial score (nSPS) is 23.0. The maximum Gasteiger partial charge on any atom is 0.258 e. The van der Waals surface area contributed by atoms with Gasteiger partial charge in [-0.05, 0) is 43.5 Å². The molecule has 0 aliphatic carbocycles. The van der Waals surface area contributed by atoms with E-state index in [0.29, 0.717) is 46.8 Å². The van der Waals surface area contributed by atoms with Crippen LogP contribution < -0.4 is 11.3 Å². The average Bonchev–Trinajstić information content (AvgIpc) is 2.48. The topological polar surface area (TPSA) is 75.0 Å². The van der Waals surface area contributed by atoms with Gasteiger partial charge in [0.2, 0.25) is 0 Å². The van der Waals surface area contributed by atoms with Gasteiger partial charge in [0, 0.05) is 17.6 Å². The van der Waals surface area contributed by atoms with Gasteiger partial charge in [-0.15, -0.1) is 0 Å². The lowest BCUT2D eigenvalue weighted by atomic mass is 9.91. The molecule has 1 aromatic carbocycles. The summed E-state index contributed by atoms with van der Waals surface area (Å²) >= 11 is 5.94. The number of fused-ring (bicyclic) bond motifs is 1. The van der Waals surface area contributed by atoms with E-state index in [0.717, 1.165) is 13.0 Å². The number of benzene rings is 1. The zero-order valence-electron chi connectivity index (χ0n) is 12.7. The molecule has 2 heterocycles. The van der Waals surface area contributed by atoms with Crippen molar-refractivity contribution in [2.45, 2.75) is 32.4 Å². The van der Waals surface area contributed by atoms with Crippen molar-refractivity contribution >= 4 is 22.5 Å². The van der Waals surface area contributed by atoms with Gasteiger partial charge in [-0.2, -0.15) is 0 Å². The molecule has 0 saturated carbocycles. The Balaban J connectivity index is 1.90. The molecule has 2 aromatic rings. The number of aromatic nitrogens is 2. The van der Waals surface area contributed by atoms with E-state index in [2.05, 4.69) is 21.8 Å². The minimum absolute atomic E-state index is 0.142. The number of aromatic amines is 1. The first-order valence-corrected chi connectivity index (χ1v) is 8.09. The lowest BCUT2D eigenvalue weighted by molar-refractivity contribution is 0.0964. The molecule has 2 unspecified atom stereocenters. The smallest absolute Gasteiger partial charge is 0.258 e. The molecule has 1 aliphatic rings. The summed E-state index contributed by atoms with van der Waals surface area (Å²) in [6.07, 6.45) is 2.36. The van der Waals surface area contributed by atoms with Gasteiger partial charge in [0.05, 0.1) is 17.4 Å². The molecule has 5 nitrogen and oxygen atoms in total. The molecule has 22 heavy (non-hydrogen) atoms. The third-order valence-electron chi connectivity index (χ3n) is 4.54. The Hall–Kier alpha value is -1.43. The van der Waals surface area contributed by atoms with E-state index < -0.39 is 0 Å². The molecule has 3 rings (SSSR count). The summed E-state index contributed by atoms with van der Waals surface area (Å²) in [4.78, 5) is 22.0. The first-order chi connectivity index (χ1) is 10.6. The number of nitrogens with one attached hydrogen (secondary N) is 1. The van der Waals surface area contributed by atoms with Crippen LogP contribution in [0.15, 0.2) is 23.0 Å². The second-order valence-electron chi connectivity index (χ2n) is 6.07. The highest BCUT2D eigenvalue weighted by Gasteiger charge is 2.27. The van der Waals surface area contributed by atoms with Crippen molar-refractivity contribution in [3.8, 4) is 0 Å². The Bertz CT molecular complexity index is 730. The minimum Gasteiger partial charge on any atom is -0.329 e. The van der Waals surface area contributed by atoms with Crippen LogP contribution in [-0.4, -0.2) is 34.0 Å². The fourth-order valence-corrected chi connectivity index (χ4v) is 3.51. The van der Waals surface area contributed by atoms with Crippen LogP contribution in [0.3, 0.4) is 0 Å². The predicted octanol–water partition coefficient (Wildman–Crippen LogP) is 2.14. The van der Waals surface area contributed by atoms with Crippen molar-refractivity contribution in [3.63, 3.8) is 0 Å². The third-order valence-corrected chi connectivity index (χ3v) is 4.78. The van der Waals surface area contributed by atoms with Crippen molar-refractivity contribution in [2.24, 2.45) is 11.7 Å². The second-order valence-corrected chi connectivity index (χ2v) is 6.50. The van der Waals surface area contributed by atoms with E-state index in [4.69, 9.17) is 17.3 Å². The summed E-state index contributed by atoms with van der Waals surface area (Å²) in [6, 6.07) is 5.54. The largest absolute Gasteiger partial charge is 0.329 e. The molecule has 0 radical (unpaired) electrons. The maximum absolute atomic E-state index is 12.2. The lowest BCUT2D eigenvalue weighted by Gasteiger charge is -2.39. The fourth-order valence-electron chi connectivity index (χ4n) is 3.34. The SMILES string of the molecule is CC1CCCN(Cc2nc3ccc(Cl)cc3c(=O)[nH]2)C1CN. The zero-order chi connectivity index (χ0) is 15.7. The summed E-state index contributed by atoms with van der Waals surface area (Å²) < 4.78 is 0. The molecule has 1 saturated heterocycles. The van der Waals surface area contributed by atoms with Crippen LogP contribution in [0.4, 0.5) is 0 Å². The van der Waals surface area contributed by atoms with Crippen molar-refractivity contribution < 1.29 is 0 Å². The molecule has 1 fully saturated rings. The van der Waals surface area contributed by atoms with Gasteiger partial charge < -0.3 is 10.7 Å². The zero-order valence-corrected chi connectivity index (χ0v) is 13.4. The number of hydrogen-bond donors (Lipinski definition) is 2. The molecule has 2 atom stereocenters. The van der Waals surface area contributed by atoms with Crippen LogP contribution in [0.1, 0.15) is 25.6 Å².